The summed E-state index contributed by atoms with van der Waals surface area (Å²) in [6, 6.07) is 7.96. The molecular weight excluding hydrogens is 541 g/mol. The van der Waals surface area contributed by atoms with E-state index < -0.39 is 16.1 Å². The molecule has 1 aliphatic carbocycles. The number of sulfonamides is 1. The van der Waals surface area contributed by atoms with Crippen molar-refractivity contribution in [1.29, 1.82) is 0 Å². The number of amides is 1. The number of nitrogens with zero attached hydrogens (tertiary/aromatic N) is 4. The van der Waals surface area contributed by atoms with Gasteiger partial charge in [0, 0.05) is 30.8 Å². The van der Waals surface area contributed by atoms with Gasteiger partial charge in [0.15, 0.2) is 11.8 Å². The van der Waals surface area contributed by atoms with Crippen LogP contribution in [0.3, 0.4) is 0 Å². The summed E-state index contributed by atoms with van der Waals surface area (Å²) >= 11 is 1.68. The first-order valence-electron chi connectivity index (χ1n) is 13.1. The monoisotopic (exact) mass is 571 g/mol. The van der Waals surface area contributed by atoms with Crippen LogP contribution in [0.15, 0.2) is 35.5 Å². The molecule has 1 N–H and O–H groups in total. The third-order valence-corrected chi connectivity index (χ3v) is 8.89. The Bertz CT molecular complexity index is 1550. The van der Waals surface area contributed by atoms with Crippen LogP contribution in [0.25, 0.3) is 0 Å². The summed E-state index contributed by atoms with van der Waals surface area (Å²) in [7, 11) is -3.47. The van der Waals surface area contributed by atoms with Gasteiger partial charge in [0.1, 0.15) is 23.4 Å². The van der Waals surface area contributed by atoms with E-state index in [0.29, 0.717) is 42.3 Å². The fourth-order valence-corrected chi connectivity index (χ4v) is 6.87. The van der Waals surface area contributed by atoms with Crippen LogP contribution >= 0.6 is 11.8 Å². The molecule has 1 amide bonds. The van der Waals surface area contributed by atoms with E-state index in [2.05, 4.69) is 14.3 Å². The van der Waals surface area contributed by atoms with E-state index >= 15 is 4.39 Å². The lowest BCUT2D eigenvalue weighted by atomic mass is 9.93. The number of carbonyl (C=O) groups excluding carboxylic acids is 1. The average molecular weight is 572 g/mol. The molecule has 6 rings (SSSR count). The molecule has 0 radical (unpaired) electrons. The SMILES string of the molecule is CCc1nc(NS(C)(=O)=O)ccc1OCC(=O)N1CCc2nc3n(c2C1c1ccc(C2CC2)cc1F)CCS3. The standard InChI is InChI=1S/C27H30FN5O4S2/c1-3-20-22(8-9-23(29-20)31-39(2,35)36)37-15-24(34)32-11-10-21-26(33-12-13-38-27(33)30-21)25(32)18-7-6-17(14-19(18)28)16-4-5-16/h6-9,14,16,25H,3-5,10-13,15H2,1-2H3,(H,29,31). The topological polar surface area (TPSA) is 106 Å². The number of hydrogen-bond acceptors (Lipinski definition) is 7. The molecule has 1 saturated carbocycles. The number of hydrogen-bond donors (Lipinski definition) is 1. The minimum atomic E-state index is -3.47. The van der Waals surface area contributed by atoms with Gasteiger partial charge in [-0.25, -0.2) is 22.8 Å². The van der Waals surface area contributed by atoms with Crippen molar-refractivity contribution in [1.82, 2.24) is 19.4 Å². The molecule has 3 aromatic rings. The molecule has 1 atom stereocenters. The predicted molar refractivity (Wildman–Crippen MR) is 146 cm³/mol. The first-order chi connectivity index (χ1) is 18.7. The van der Waals surface area contributed by atoms with Crippen molar-refractivity contribution in [3.8, 4) is 5.75 Å². The number of pyridine rings is 1. The Labute approximate surface area is 231 Å². The van der Waals surface area contributed by atoms with Gasteiger partial charge in [0.25, 0.3) is 5.91 Å². The number of fused-ring (bicyclic) bond motifs is 3. The van der Waals surface area contributed by atoms with Crippen LogP contribution in [0.5, 0.6) is 5.75 Å². The Kier molecular flexibility index (Phi) is 6.78. The molecule has 3 aliphatic rings. The maximum absolute atomic E-state index is 15.7. The molecule has 2 aliphatic heterocycles. The highest BCUT2D eigenvalue weighted by atomic mass is 32.2. The average Bonchev–Trinajstić information content (AvgIpc) is 3.55. The quantitative estimate of drug-likeness (QED) is 0.437. The number of benzene rings is 1. The second-order valence-corrected chi connectivity index (χ2v) is 13.0. The molecule has 206 valence electrons. The highest BCUT2D eigenvalue weighted by molar-refractivity contribution is 7.99. The van der Waals surface area contributed by atoms with Crippen molar-refractivity contribution >= 4 is 33.5 Å². The Morgan fingerprint density at radius 2 is 2.03 bits per heavy atom. The smallest absolute Gasteiger partial charge is 0.261 e. The zero-order valence-corrected chi connectivity index (χ0v) is 23.4. The molecule has 39 heavy (non-hydrogen) atoms. The highest BCUT2D eigenvalue weighted by Gasteiger charge is 2.39. The summed E-state index contributed by atoms with van der Waals surface area (Å²) < 4.78 is 49.2. The molecule has 0 spiro atoms. The summed E-state index contributed by atoms with van der Waals surface area (Å²) in [5.74, 6) is 1.36. The summed E-state index contributed by atoms with van der Waals surface area (Å²) in [6.07, 6.45) is 4.30. The molecule has 12 heteroatoms. The summed E-state index contributed by atoms with van der Waals surface area (Å²) in [5, 5.41) is 0.923. The Morgan fingerprint density at radius 3 is 2.74 bits per heavy atom. The first-order valence-corrected chi connectivity index (χ1v) is 16.0. The highest BCUT2D eigenvalue weighted by Crippen LogP contribution is 2.44. The molecule has 2 aromatic heterocycles. The van der Waals surface area contributed by atoms with Gasteiger partial charge in [-0.3, -0.25) is 9.52 Å². The number of rotatable bonds is 8. The van der Waals surface area contributed by atoms with Gasteiger partial charge in [0.2, 0.25) is 10.0 Å². The number of imidazole rings is 1. The van der Waals surface area contributed by atoms with Gasteiger partial charge >= 0.3 is 0 Å². The molecule has 9 nitrogen and oxygen atoms in total. The number of anilines is 1. The van der Waals surface area contributed by atoms with E-state index in [1.54, 1.807) is 28.8 Å². The van der Waals surface area contributed by atoms with Crippen molar-refractivity contribution in [2.24, 2.45) is 0 Å². The van der Waals surface area contributed by atoms with E-state index in [9.17, 15) is 13.2 Å². The molecule has 0 bridgehead atoms. The maximum Gasteiger partial charge on any atom is 0.261 e. The van der Waals surface area contributed by atoms with E-state index in [1.807, 2.05) is 19.1 Å². The minimum Gasteiger partial charge on any atom is -0.482 e. The lowest BCUT2D eigenvalue weighted by Crippen LogP contribution is -2.44. The van der Waals surface area contributed by atoms with Crippen LogP contribution in [-0.4, -0.2) is 58.9 Å². The number of aromatic nitrogens is 3. The van der Waals surface area contributed by atoms with Crippen molar-refractivity contribution in [2.45, 2.75) is 56.3 Å². The zero-order chi connectivity index (χ0) is 27.3. The first kappa shape index (κ1) is 26.1. The fourth-order valence-electron chi connectivity index (χ4n) is 5.40. The summed E-state index contributed by atoms with van der Waals surface area (Å²) in [5.41, 5.74) is 3.82. The molecule has 0 saturated heterocycles. The van der Waals surface area contributed by atoms with Crippen LogP contribution < -0.4 is 9.46 Å². The van der Waals surface area contributed by atoms with Crippen LogP contribution in [0.2, 0.25) is 0 Å². The normalized spacial score (nSPS) is 18.5. The van der Waals surface area contributed by atoms with Crippen LogP contribution in [-0.2, 0) is 34.2 Å². The van der Waals surface area contributed by atoms with Crippen molar-refractivity contribution in [3.05, 3.63) is 64.4 Å². The van der Waals surface area contributed by atoms with E-state index in [1.165, 1.54) is 6.07 Å². The molecule has 1 fully saturated rings. The predicted octanol–water partition coefficient (Wildman–Crippen LogP) is 3.89. The van der Waals surface area contributed by atoms with Crippen LogP contribution in [0.4, 0.5) is 10.2 Å². The maximum atomic E-state index is 15.7. The third kappa shape index (κ3) is 5.23. The van der Waals surface area contributed by atoms with Gasteiger partial charge in [-0.1, -0.05) is 30.8 Å². The largest absolute Gasteiger partial charge is 0.482 e. The molecule has 4 heterocycles. The van der Waals surface area contributed by atoms with Gasteiger partial charge < -0.3 is 14.2 Å². The molecule has 1 unspecified atom stereocenters. The number of carbonyl (C=O) groups is 1. The number of nitrogens with one attached hydrogen (secondary N) is 1. The van der Waals surface area contributed by atoms with Gasteiger partial charge in [-0.05, 0) is 48.9 Å². The van der Waals surface area contributed by atoms with Gasteiger partial charge in [-0.2, -0.15) is 0 Å². The number of ether oxygens (including phenoxy) is 1. The van der Waals surface area contributed by atoms with Crippen molar-refractivity contribution < 1.29 is 22.3 Å². The summed E-state index contributed by atoms with van der Waals surface area (Å²) in [4.78, 5) is 24.5. The van der Waals surface area contributed by atoms with E-state index in [0.717, 1.165) is 53.5 Å². The minimum absolute atomic E-state index is 0.189. The van der Waals surface area contributed by atoms with Crippen molar-refractivity contribution in [3.63, 3.8) is 0 Å². The van der Waals surface area contributed by atoms with Crippen LogP contribution in [0, 0.1) is 5.82 Å². The number of aryl methyl sites for hydroxylation is 1. The second kappa shape index (κ2) is 10.1. The fraction of sp³-hybridized carbons (Fsp3) is 0.444. The van der Waals surface area contributed by atoms with Crippen LogP contribution in [0.1, 0.15) is 59.9 Å². The van der Waals surface area contributed by atoms with E-state index in [4.69, 9.17) is 9.72 Å². The van der Waals surface area contributed by atoms with Crippen molar-refractivity contribution in [2.75, 3.05) is 29.9 Å². The van der Waals surface area contributed by atoms with Gasteiger partial charge in [0.05, 0.1) is 23.3 Å². The Hall–Kier alpha value is -3.12. The third-order valence-electron chi connectivity index (χ3n) is 7.35. The summed E-state index contributed by atoms with van der Waals surface area (Å²) in [6.45, 7) is 2.80. The lowest BCUT2D eigenvalue weighted by Gasteiger charge is -2.36. The lowest BCUT2D eigenvalue weighted by molar-refractivity contribution is -0.135. The second-order valence-electron chi connectivity index (χ2n) is 10.2. The Morgan fingerprint density at radius 1 is 1.21 bits per heavy atom. The number of halogens is 1. The molecule has 1 aromatic carbocycles. The van der Waals surface area contributed by atoms with Gasteiger partial charge in [-0.15, -0.1) is 0 Å². The number of thioether (sulfide) groups is 1. The van der Waals surface area contributed by atoms with E-state index in [-0.39, 0.29) is 24.1 Å². The Balaban J connectivity index is 1.28. The molecular formula is C27H30FN5O4S2. The zero-order valence-electron chi connectivity index (χ0n) is 21.8.